The topological polar surface area (TPSA) is 39.2 Å². The molecule has 9 atom stereocenters. The summed E-state index contributed by atoms with van der Waals surface area (Å²) in [6, 6.07) is 6.29. The predicted molar refractivity (Wildman–Crippen MR) is 160 cm³/mol. The zero-order valence-electron chi connectivity index (χ0n) is 25.4. The summed E-state index contributed by atoms with van der Waals surface area (Å²) in [6.45, 7) is 15.7. The van der Waals surface area contributed by atoms with E-state index in [-0.39, 0.29) is 12.1 Å². The van der Waals surface area contributed by atoms with E-state index < -0.39 is 0 Å². The molecule has 5 rings (SSSR count). The molecular weight excluding hydrogens is 478 g/mol. The number of rotatable bonds is 9. The van der Waals surface area contributed by atoms with Gasteiger partial charge in [-0.2, -0.15) is 0 Å². The summed E-state index contributed by atoms with van der Waals surface area (Å²) in [5.41, 5.74) is 4.14. The van der Waals surface area contributed by atoms with Crippen LogP contribution in [0.25, 0.3) is 0 Å². The quantitative estimate of drug-likeness (QED) is 0.181. The van der Waals surface area contributed by atoms with Crippen molar-refractivity contribution in [3.8, 4) is 0 Å². The number of carbonyl (C=O) groups excluding carboxylic acids is 1. The van der Waals surface area contributed by atoms with Gasteiger partial charge in [0.15, 0.2) is 0 Å². The van der Waals surface area contributed by atoms with Crippen molar-refractivity contribution in [3.63, 3.8) is 0 Å². The minimum atomic E-state index is -0.222. The number of hydrogen-bond acceptors (Lipinski definition) is 3. The van der Waals surface area contributed by atoms with Gasteiger partial charge in [-0.25, -0.2) is 4.79 Å². The van der Waals surface area contributed by atoms with Crippen LogP contribution in [0.2, 0.25) is 0 Å². The molecule has 1 aromatic heterocycles. The Labute approximate surface area is 238 Å². The summed E-state index contributed by atoms with van der Waals surface area (Å²) < 4.78 is 5.80. The molecule has 0 amide bonds. The second-order valence-electron chi connectivity index (χ2n) is 14.6. The standard InChI is InChI=1S/C36H53NO2/c1-24(2)34(38)39-29-17-19-35(5)27(23-29)13-14-30-32-16-15-31(36(32,6)20-18-33(30)35)26(4)11-9-10-25(3)22-28-12-7-8-21-37-28/h7-8,12-13,21,25-26,29-33H,1,9-11,14-20,22-23H2,2-6H3/t25?,26-,29+,30+,31-,32+,33+,35+,36-/m1/s1. The molecule has 3 fully saturated rings. The third-order valence-corrected chi connectivity index (χ3v) is 12.1. The van der Waals surface area contributed by atoms with E-state index in [1.54, 1.807) is 12.5 Å². The Kier molecular flexibility index (Phi) is 8.46. The van der Waals surface area contributed by atoms with E-state index in [1.807, 2.05) is 12.3 Å². The number of pyridine rings is 1. The Hall–Kier alpha value is -1.90. The summed E-state index contributed by atoms with van der Waals surface area (Å²) in [5.74, 6) is 4.70. The van der Waals surface area contributed by atoms with Crippen LogP contribution >= 0.6 is 0 Å². The first-order valence-corrected chi connectivity index (χ1v) is 16.1. The number of carbonyl (C=O) groups is 1. The van der Waals surface area contributed by atoms with Crippen LogP contribution in [0.5, 0.6) is 0 Å². The van der Waals surface area contributed by atoms with Crippen molar-refractivity contribution in [2.75, 3.05) is 0 Å². The molecule has 0 radical (unpaired) electrons. The average molecular weight is 532 g/mol. The van der Waals surface area contributed by atoms with E-state index in [9.17, 15) is 4.79 Å². The van der Waals surface area contributed by atoms with Gasteiger partial charge in [0.1, 0.15) is 6.10 Å². The molecule has 0 aromatic carbocycles. The van der Waals surface area contributed by atoms with Crippen LogP contribution in [0.15, 0.2) is 48.2 Å². The van der Waals surface area contributed by atoms with Gasteiger partial charge >= 0.3 is 5.97 Å². The third kappa shape index (κ3) is 5.66. The lowest BCUT2D eigenvalue weighted by atomic mass is 9.47. The highest BCUT2D eigenvalue weighted by Gasteiger charge is 2.59. The third-order valence-electron chi connectivity index (χ3n) is 12.1. The van der Waals surface area contributed by atoms with E-state index in [1.165, 1.54) is 57.1 Å². The van der Waals surface area contributed by atoms with Gasteiger partial charge in [0.25, 0.3) is 0 Å². The summed E-state index contributed by atoms with van der Waals surface area (Å²) >= 11 is 0. The first kappa shape index (κ1) is 28.6. The second-order valence-corrected chi connectivity index (χ2v) is 14.6. The van der Waals surface area contributed by atoms with Crippen molar-refractivity contribution >= 4 is 5.97 Å². The SMILES string of the molecule is C=C(C)C(=O)O[C@H]1CC[C@@]2(C)C(=CC[C@H]3[C@@H]4CC[C@H]([C@H](C)CCCC(C)Cc5ccccn5)[C@@]4(C)CC[C@@H]32)C1. The zero-order valence-corrected chi connectivity index (χ0v) is 25.4. The van der Waals surface area contributed by atoms with Crippen molar-refractivity contribution in [3.05, 3.63) is 53.9 Å². The van der Waals surface area contributed by atoms with Crippen molar-refractivity contribution in [1.82, 2.24) is 4.98 Å². The first-order valence-electron chi connectivity index (χ1n) is 16.1. The number of fused-ring (bicyclic) bond motifs is 5. The average Bonchev–Trinajstić information content (AvgIpc) is 3.26. The van der Waals surface area contributed by atoms with Crippen molar-refractivity contribution < 1.29 is 9.53 Å². The molecule has 1 unspecified atom stereocenters. The van der Waals surface area contributed by atoms with Crippen LogP contribution in [-0.4, -0.2) is 17.1 Å². The van der Waals surface area contributed by atoms with Gasteiger partial charge in [0.2, 0.25) is 0 Å². The fourth-order valence-electron chi connectivity index (χ4n) is 9.92. The number of hydrogen-bond donors (Lipinski definition) is 0. The molecule has 3 saturated carbocycles. The van der Waals surface area contributed by atoms with Crippen LogP contribution in [0, 0.1) is 46.3 Å². The van der Waals surface area contributed by atoms with Crippen LogP contribution in [-0.2, 0) is 16.0 Å². The van der Waals surface area contributed by atoms with E-state index in [2.05, 4.69) is 57.5 Å². The molecule has 214 valence electrons. The molecule has 1 aromatic rings. The summed E-state index contributed by atoms with van der Waals surface area (Å²) in [5, 5.41) is 0. The van der Waals surface area contributed by atoms with E-state index in [0.29, 0.717) is 22.3 Å². The molecule has 0 spiro atoms. The summed E-state index contributed by atoms with van der Waals surface area (Å²) in [4.78, 5) is 16.7. The smallest absolute Gasteiger partial charge is 0.333 e. The van der Waals surface area contributed by atoms with Crippen LogP contribution < -0.4 is 0 Å². The Morgan fingerprint density at radius 3 is 2.67 bits per heavy atom. The minimum absolute atomic E-state index is 0.0299. The zero-order chi connectivity index (χ0) is 27.8. The van der Waals surface area contributed by atoms with E-state index in [0.717, 1.165) is 55.3 Å². The summed E-state index contributed by atoms with van der Waals surface area (Å²) in [7, 11) is 0. The molecule has 0 bridgehead atoms. The first-order chi connectivity index (χ1) is 18.6. The Bertz CT molecular complexity index is 1060. The monoisotopic (exact) mass is 531 g/mol. The Morgan fingerprint density at radius 1 is 1.10 bits per heavy atom. The maximum Gasteiger partial charge on any atom is 0.333 e. The molecule has 4 aliphatic rings. The summed E-state index contributed by atoms with van der Waals surface area (Å²) in [6.07, 6.45) is 19.7. The van der Waals surface area contributed by atoms with Crippen LogP contribution in [0.4, 0.5) is 0 Å². The number of allylic oxidation sites excluding steroid dienone is 1. The number of esters is 1. The fraction of sp³-hybridized carbons (Fsp3) is 0.722. The maximum absolute atomic E-state index is 12.2. The van der Waals surface area contributed by atoms with Crippen molar-refractivity contribution in [2.45, 2.75) is 118 Å². The molecule has 0 saturated heterocycles. The van der Waals surface area contributed by atoms with Crippen molar-refractivity contribution in [1.29, 1.82) is 0 Å². The largest absolute Gasteiger partial charge is 0.459 e. The normalized spacial score (nSPS) is 37.1. The van der Waals surface area contributed by atoms with Gasteiger partial charge < -0.3 is 4.74 Å². The Balaban J connectivity index is 1.18. The van der Waals surface area contributed by atoms with E-state index in [4.69, 9.17) is 4.74 Å². The number of ether oxygens (including phenoxy) is 1. The highest BCUT2D eigenvalue weighted by Crippen LogP contribution is 2.67. The van der Waals surface area contributed by atoms with Gasteiger partial charge in [-0.15, -0.1) is 0 Å². The van der Waals surface area contributed by atoms with Crippen molar-refractivity contribution in [2.24, 2.45) is 46.3 Å². The minimum Gasteiger partial charge on any atom is -0.459 e. The highest BCUT2D eigenvalue weighted by molar-refractivity contribution is 5.87. The molecule has 4 aliphatic carbocycles. The van der Waals surface area contributed by atoms with Crippen LogP contribution in [0.3, 0.4) is 0 Å². The molecule has 39 heavy (non-hydrogen) atoms. The number of aromatic nitrogens is 1. The van der Waals surface area contributed by atoms with Gasteiger partial charge in [0, 0.05) is 23.9 Å². The van der Waals surface area contributed by atoms with E-state index >= 15 is 0 Å². The molecule has 3 heteroatoms. The number of nitrogens with zero attached hydrogens (tertiary/aromatic N) is 1. The lowest BCUT2D eigenvalue weighted by Gasteiger charge is -2.58. The highest BCUT2D eigenvalue weighted by atomic mass is 16.5. The predicted octanol–water partition coefficient (Wildman–Crippen LogP) is 9.13. The Morgan fingerprint density at radius 2 is 1.92 bits per heavy atom. The lowest BCUT2D eigenvalue weighted by molar-refractivity contribution is -0.146. The van der Waals surface area contributed by atoms with Gasteiger partial charge in [-0.05, 0) is 117 Å². The molecule has 3 nitrogen and oxygen atoms in total. The molecular formula is C36H53NO2. The molecule has 0 aliphatic heterocycles. The van der Waals surface area contributed by atoms with Gasteiger partial charge in [-0.1, -0.05) is 71.3 Å². The van der Waals surface area contributed by atoms with Gasteiger partial charge in [-0.3, -0.25) is 4.98 Å². The second kappa shape index (κ2) is 11.5. The maximum atomic E-state index is 12.2. The lowest BCUT2D eigenvalue weighted by Crippen LogP contribution is -2.51. The van der Waals surface area contributed by atoms with Gasteiger partial charge in [0.05, 0.1) is 0 Å². The molecule has 0 N–H and O–H groups in total. The fourth-order valence-corrected chi connectivity index (χ4v) is 9.92. The van der Waals surface area contributed by atoms with Crippen LogP contribution in [0.1, 0.15) is 111 Å². The molecule has 1 heterocycles.